The van der Waals surface area contributed by atoms with Crippen LogP contribution in [0.2, 0.25) is 0 Å². The molecule has 2 aromatic carbocycles. The molecule has 0 bridgehead atoms. The molecule has 2 aromatic rings. The van der Waals surface area contributed by atoms with Crippen LogP contribution in [0.5, 0.6) is 0 Å². The number of amides is 1. The molecule has 0 saturated carbocycles. The first-order chi connectivity index (χ1) is 12.7. The van der Waals surface area contributed by atoms with Crippen LogP contribution in [0, 0.1) is 0 Å². The van der Waals surface area contributed by atoms with Crippen LogP contribution in [0.1, 0.15) is 5.56 Å². The predicted octanol–water partition coefficient (Wildman–Crippen LogP) is 2.04. The number of carbonyl (C=O) groups excluding carboxylic acids is 1. The molecular weight excluding hydrogens is 332 g/mol. The van der Waals surface area contributed by atoms with Gasteiger partial charge in [-0.3, -0.25) is 4.79 Å². The minimum absolute atomic E-state index is 0.0250. The molecule has 3 rings (SSSR count). The maximum Gasteiger partial charge on any atom is 0.253 e. The first kappa shape index (κ1) is 18.4. The molecule has 1 atom stereocenters. The molecule has 26 heavy (non-hydrogen) atoms. The number of aliphatic hydroxyl groups is 1. The standard InChI is InChI=1S/C20H24N2O4/c23-19(14-26-13-16-4-2-1-3-5-16)12-21-17-6-8-18(9-7-17)22-10-11-25-15-20(22)24/h1-9,19,21,23H,10-15H2/t19-/m1/s1. The minimum atomic E-state index is -0.598. The van der Waals surface area contributed by atoms with E-state index in [0.717, 1.165) is 16.9 Å². The van der Waals surface area contributed by atoms with Gasteiger partial charge in [0.25, 0.3) is 5.91 Å². The van der Waals surface area contributed by atoms with E-state index in [2.05, 4.69) is 5.32 Å². The molecule has 6 nitrogen and oxygen atoms in total. The number of ether oxygens (including phenoxy) is 2. The molecule has 0 aliphatic carbocycles. The highest BCUT2D eigenvalue weighted by molar-refractivity contribution is 5.94. The quantitative estimate of drug-likeness (QED) is 0.757. The van der Waals surface area contributed by atoms with Crippen molar-refractivity contribution in [3.05, 3.63) is 60.2 Å². The molecule has 1 saturated heterocycles. The first-order valence-corrected chi connectivity index (χ1v) is 8.74. The number of benzene rings is 2. The highest BCUT2D eigenvalue weighted by Crippen LogP contribution is 2.19. The van der Waals surface area contributed by atoms with E-state index >= 15 is 0 Å². The molecule has 138 valence electrons. The van der Waals surface area contributed by atoms with Crippen LogP contribution in [0.25, 0.3) is 0 Å². The Hall–Kier alpha value is -2.41. The molecule has 1 aliphatic heterocycles. The molecule has 1 aliphatic rings. The highest BCUT2D eigenvalue weighted by Gasteiger charge is 2.19. The van der Waals surface area contributed by atoms with E-state index in [4.69, 9.17) is 9.47 Å². The Balaban J connectivity index is 1.40. The summed E-state index contributed by atoms with van der Waals surface area (Å²) in [6, 6.07) is 17.5. The van der Waals surface area contributed by atoms with Gasteiger partial charge in [0.1, 0.15) is 6.61 Å². The van der Waals surface area contributed by atoms with Gasteiger partial charge in [0.2, 0.25) is 0 Å². The lowest BCUT2D eigenvalue weighted by atomic mass is 10.2. The van der Waals surface area contributed by atoms with Crippen LogP contribution in [-0.4, -0.2) is 50.0 Å². The lowest BCUT2D eigenvalue weighted by Crippen LogP contribution is -2.41. The van der Waals surface area contributed by atoms with Crippen LogP contribution in [0.3, 0.4) is 0 Å². The summed E-state index contributed by atoms with van der Waals surface area (Å²) in [4.78, 5) is 13.6. The van der Waals surface area contributed by atoms with E-state index in [0.29, 0.717) is 26.3 Å². The van der Waals surface area contributed by atoms with Crippen molar-refractivity contribution in [3.8, 4) is 0 Å². The molecule has 1 fully saturated rings. The van der Waals surface area contributed by atoms with Crippen LogP contribution in [0.15, 0.2) is 54.6 Å². The van der Waals surface area contributed by atoms with Gasteiger partial charge < -0.3 is 24.8 Å². The van der Waals surface area contributed by atoms with Crippen molar-refractivity contribution >= 4 is 17.3 Å². The SMILES string of the molecule is O=C1COCCN1c1ccc(NC[C@@H](O)COCc2ccccc2)cc1. The Morgan fingerprint density at radius 2 is 1.92 bits per heavy atom. The van der Waals surface area contributed by atoms with Gasteiger partial charge in [-0.05, 0) is 29.8 Å². The zero-order chi connectivity index (χ0) is 18.2. The number of anilines is 2. The van der Waals surface area contributed by atoms with E-state index in [-0.39, 0.29) is 19.1 Å². The summed E-state index contributed by atoms with van der Waals surface area (Å²) < 4.78 is 10.7. The number of nitrogens with one attached hydrogen (secondary N) is 1. The molecule has 0 aromatic heterocycles. The molecule has 1 heterocycles. The van der Waals surface area contributed by atoms with Crippen molar-refractivity contribution < 1.29 is 19.4 Å². The van der Waals surface area contributed by atoms with Gasteiger partial charge in [-0.1, -0.05) is 30.3 Å². The van der Waals surface area contributed by atoms with E-state index in [1.165, 1.54) is 0 Å². The average molecular weight is 356 g/mol. The Morgan fingerprint density at radius 3 is 2.65 bits per heavy atom. The van der Waals surface area contributed by atoms with Crippen LogP contribution in [0.4, 0.5) is 11.4 Å². The van der Waals surface area contributed by atoms with Crippen molar-refractivity contribution in [1.29, 1.82) is 0 Å². The second-order valence-electron chi connectivity index (χ2n) is 6.18. The molecule has 2 N–H and O–H groups in total. The topological polar surface area (TPSA) is 71.0 Å². The third-order valence-electron chi connectivity index (χ3n) is 4.13. The second-order valence-corrected chi connectivity index (χ2v) is 6.18. The van der Waals surface area contributed by atoms with Gasteiger partial charge in [-0.25, -0.2) is 0 Å². The molecule has 6 heteroatoms. The number of aliphatic hydroxyl groups excluding tert-OH is 1. The first-order valence-electron chi connectivity index (χ1n) is 8.74. The molecule has 0 spiro atoms. The summed E-state index contributed by atoms with van der Waals surface area (Å²) in [5.74, 6) is -0.0250. The molecule has 1 amide bonds. The third-order valence-corrected chi connectivity index (χ3v) is 4.13. The predicted molar refractivity (Wildman–Crippen MR) is 100 cm³/mol. The fourth-order valence-corrected chi connectivity index (χ4v) is 2.73. The zero-order valence-electron chi connectivity index (χ0n) is 14.6. The summed E-state index contributed by atoms with van der Waals surface area (Å²) in [5, 5.41) is 13.2. The van der Waals surface area contributed by atoms with Gasteiger partial charge in [0, 0.05) is 24.5 Å². The minimum Gasteiger partial charge on any atom is -0.389 e. The Morgan fingerprint density at radius 1 is 1.15 bits per heavy atom. The van der Waals surface area contributed by atoms with Gasteiger partial charge in [-0.2, -0.15) is 0 Å². The third kappa shape index (κ3) is 5.29. The summed E-state index contributed by atoms with van der Waals surface area (Å²) >= 11 is 0. The number of hydrogen-bond donors (Lipinski definition) is 2. The van der Waals surface area contributed by atoms with Crippen molar-refractivity contribution in [2.24, 2.45) is 0 Å². The second kappa shape index (κ2) is 9.33. The van der Waals surface area contributed by atoms with Gasteiger partial charge in [0.15, 0.2) is 0 Å². The van der Waals surface area contributed by atoms with Crippen molar-refractivity contribution in [2.75, 3.05) is 43.1 Å². The fourth-order valence-electron chi connectivity index (χ4n) is 2.73. The lowest BCUT2D eigenvalue weighted by Gasteiger charge is -2.27. The highest BCUT2D eigenvalue weighted by atomic mass is 16.5. The van der Waals surface area contributed by atoms with Gasteiger partial charge in [-0.15, -0.1) is 0 Å². The van der Waals surface area contributed by atoms with E-state index in [1.807, 2.05) is 54.6 Å². The largest absolute Gasteiger partial charge is 0.389 e. The van der Waals surface area contributed by atoms with Crippen molar-refractivity contribution in [3.63, 3.8) is 0 Å². The smallest absolute Gasteiger partial charge is 0.253 e. The maximum absolute atomic E-state index is 11.8. The Labute approximate surface area is 153 Å². The summed E-state index contributed by atoms with van der Waals surface area (Å²) in [5.41, 5.74) is 2.83. The number of carbonyl (C=O) groups is 1. The fraction of sp³-hybridized carbons (Fsp3) is 0.350. The normalized spacial score (nSPS) is 15.7. The summed E-state index contributed by atoms with van der Waals surface area (Å²) in [6.45, 7) is 2.41. The van der Waals surface area contributed by atoms with E-state index in [1.54, 1.807) is 4.90 Å². The molecular formula is C20H24N2O4. The number of morpholine rings is 1. The number of nitrogens with zero attached hydrogens (tertiary/aromatic N) is 1. The Kier molecular flexibility index (Phi) is 6.60. The zero-order valence-corrected chi connectivity index (χ0v) is 14.6. The average Bonchev–Trinajstić information content (AvgIpc) is 2.68. The van der Waals surface area contributed by atoms with Crippen LogP contribution < -0.4 is 10.2 Å². The van der Waals surface area contributed by atoms with Crippen LogP contribution in [-0.2, 0) is 20.9 Å². The number of rotatable bonds is 8. The Bertz CT molecular complexity index is 691. The summed E-state index contributed by atoms with van der Waals surface area (Å²) in [7, 11) is 0. The maximum atomic E-state index is 11.8. The monoisotopic (exact) mass is 356 g/mol. The molecule has 0 unspecified atom stereocenters. The van der Waals surface area contributed by atoms with Crippen molar-refractivity contribution in [1.82, 2.24) is 0 Å². The molecule has 0 radical (unpaired) electrons. The van der Waals surface area contributed by atoms with Gasteiger partial charge in [0.05, 0.1) is 25.9 Å². The van der Waals surface area contributed by atoms with Crippen LogP contribution >= 0.6 is 0 Å². The van der Waals surface area contributed by atoms with Crippen molar-refractivity contribution in [2.45, 2.75) is 12.7 Å². The van der Waals surface area contributed by atoms with Gasteiger partial charge >= 0.3 is 0 Å². The van der Waals surface area contributed by atoms with E-state index < -0.39 is 6.10 Å². The number of hydrogen-bond acceptors (Lipinski definition) is 5. The summed E-state index contributed by atoms with van der Waals surface area (Å²) in [6.07, 6.45) is -0.598. The lowest BCUT2D eigenvalue weighted by molar-refractivity contribution is -0.125. The van der Waals surface area contributed by atoms with E-state index in [9.17, 15) is 9.90 Å².